The summed E-state index contributed by atoms with van der Waals surface area (Å²) in [5.74, 6) is 0.480. The van der Waals surface area contributed by atoms with Crippen molar-refractivity contribution in [1.82, 2.24) is 10.2 Å². The molecule has 0 saturated heterocycles. The molecular formula is C25H32Cl2N2O3. The molecule has 0 aromatic heterocycles. The molecule has 0 heterocycles. The molecule has 0 aliphatic carbocycles. The third-order valence-corrected chi connectivity index (χ3v) is 6.02. The molecule has 0 aliphatic heterocycles. The highest BCUT2D eigenvalue weighted by Gasteiger charge is 2.27. The van der Waals surface area contributed by atoms with Gasteiger partial charge in [-0.15, -0.1) is 0 Å². The smallest absolute Gasteiger partial charge is 0.261 e. The first-order chi connectivity index (χ1) is 15.1. The van der Waals surface area contributed by atoms with Crippen molar-refractivity contribution in [2.75, 3.05) is 6.61 Å². The lowest BCUT2D eigenvalue weighted by Gasteiger charge is -2.30. The van der Waals surface area contributed by atoms with E-state index in [1.54, 1.807) is 25.1 Å². The molecule has 7 heteroatoms. The number of benzene rings is 2. The van der Waals surface area contributed by atoms with Crippen LogP contribution in [0.5, 0.6) is 5.75 Å². The van der Waals surface area contributed by atoms with Crippen LogP contribution >= 0.6 is 23.2 Å². The second kappa shape index (κ2) is 12.1. The minimum atomic E-state index is -0.699. The van der Waals surface area contributed by atoms with Crippen LogP contribution in [0.15, 0.2) is 42.5 Å². The SMILES string of the molecule is CC[C@@H](C)NC(=O)[C@H](C)N(Cc1ccc(Cl)cc1Cl)C(=O)COc1ccc(C(C)C)cc1. The van der Waals surface area contributed by atoms with Gasteiger partial charge in [0, 0.05) is 22.6 Å². The molecule has 2 amide bonds. The zero-order chi connectivity index (χ0) is 23.8. The normalized spacial score (nSPS) is 12.9. The fraction of sp³-hybridized carbons (Fsp3) is 0.440. The van der Waals surface area contributed by atoms with Gasteiger partial charge in [0.15, 0.2) is 6.61 Å². The Morgan fingerprint density at radius 1 is 1.03 bits per heavy atom. The maximum Gasteiger partial charge on any atom is 0.261 e. The molecule has 2 atom stereocenters. The molecule has 0 radical (unpaired) electrons. The first kappa shape index (κ1) is 26.0. The van der Waals surface area contributed by atoms with Crippen LogP contribution in [0.1, 0.15) is 58.1 Å². The van der Waals surface area contributed by atoms with E-state index in [4.69, 9.17) is 27.9 Å². The lowest BCUT2D eigenvalue weighted by Crippen LogP contribution is -2.50. The van der Waals surface area contributed by atoms with Crippen LogP contribution in [-0.4, -0.2) is 35.4 Å². The van der Waals surface area contributed by atoms with Gasteiger partial charge >= 0.3 is 0 Å². The molecule has 0 aliphatic rings. The highest BCUT2D eigenvalue weighted by Crippen LogP contribution is 2.24. The van der Waals surface area contributed by atoms with Gasteiger partial charge in [-0.2, -0.15) is 0 Å². The number of nitrogens with zero attached hydrogens (tertiary/aromatic N) is 1. The van der Waals surface area contributed by atoms with Crippen molar-refractivity contribution < 1.29 is 14.3 Å². The van der Waals surface area contributed by atoms with Gasteiger partial charge in [-0.3, -0.25) is 9.59 Å². The fourth-order valence-corrected chi connectivity index (χ4v) is 3.53. The number of ether oxygens (including phenoxy) is 1. The molecule has 0 spiro atoms. The fourth-order valence-electron chi connectivity index (χ4n) is 3.06. The summed E-state index contributed by atoms with van der Waals surface area (Å²) in [6.07, 6.45) is 0.797. The van der Waals surface area contributed by atoms with Crippen LogP contribution in [0.4, 0.5) is 0 Å². The van der Waals surface area contributed by atoms with Gasteiger partial charge in [-0.25, -0.2) is 0 Å². The van der Waals surface area contributed by atoms with E-state index in [-0.39, 0.29) is 31.0 Å². The van der Waals surface area contributed by atoms with Crippen LogP contribution in [0, 0.1) is 0 Å². The van der Waals surface area contributed by atoms with E-state index in [0.29, 0.717) is 27.3 Å². The number of halogens is 2. The zero-order valence-electron chi connectivity index (χ0n) is 19.3. The third kappa shape index (κ3) is 7.42. The van der Waals surface area contributed by atoms with Crippen LogP contribution in [0.3, 0.4) is 0 Å². The summed E-state index contributed by atoms with van der Waals surface area (Å²) in [5.41, 5.74) is 1.90. The molecule has 0 fully saturated rings. The highest BCUT2D eigenvalue weighted by molar-refractivity contribution is 6.35. The largest absolute Gasteiger partial charge is 0.484 e. The number of carbonyl (C=O) groups is 2. The van der Waals surface area contributed by atoms with Crippen LogP contribution < -0.4 is 10.1 Å². The molecule has 2 aromatic carbocycles. The quantitative estimate of drug-likeness (QED) is 0.467. The van der Waals surface area contributed by atoms with Crippen molar-refractivity contribution in [3.8, 4) is 5.75 Å². The van der Waals surface area contributed by atoms with Crippen LogP contribution in [-0.2, 0) is 16.1 Å². The van der Waals surface area contributed by atoms with Crippen molar-refractivity contribution >= 4 is 35.0 Å². The Kier molecular flexibility index (Phi) is 9.85. The topological polar surface area (TPSA) is 58.6 Å². The van der Waals surface area contributed by atoms with E-state index in [2.05, 4.69) is 19.2 Å². The summed E-state index contributed by atoms with van der Waals surface area (Å²) in [7, 11) is 0. The standard InChI is InChI=1S/C25H32Cl2N2O3/c1-6-17(4)28-25(31)18(5)29(14-20-7-10-21(26)13-23(20)27)24(30)15-32-22-11-8-19(9-12-22)16(2)3/h7-13,16-18H,6,14-15H2,1-5H3,(H,28,31)/t17-,18+/m1/s1. The maximum absolute atomic E-state index is 13.1. The number of hydrogen-bond acceptors (Lipinski definition) is 3. The molecule has 1 N–H and O–H groups in total. The highest BCUT2D eigenvalue weighted by atomic mass is 35.5. The molecule has 0 unspecified atom stereocenters. The Bertz CT molecular complexity index is 916. The summed E-state index contributed by atoms with van der Waals surface area (Å²) in [5, 5.41) is 3.88. The van der Waals surface area contributed by atoms with Crippen molar-refractivity contribution in [2.45, 2.75) is 65.6 Å². The van der Waals surface area contributed by atoms with E-state index >= 15 is 0 Å². The number of hydrogen-bond donors (Lipinski definition) is 1. The number of rotatable bonds is 10. The summed E-state index contributed by atoms with van der Waals surface area (Å²) >= 11 is 12.3. The lowest BCUT2D eigenvalue weighted by molar-refractivity contribution is -0.142. The lowest BCUT2D eigenvalue weighted by atomic mass is 10.0. The van der Waals surface area contributed by atoms with E-state index in [9.17, 15) is 9.59 Å². The van der Waals surface area contributed by atoms with E-state index < -0.39 is 6.04 Å². The van der Waals surface area contributed by atoms with E-state index in [0.717, 1.165) is 6.42 Å². The molecule has 174 valence electrons. The predicted octanol–water partition coefficient (Wildman–Crippen LogP) is 5.83. The molecule has 0 saturated carbocycles. The van der Waals surface area contributed by atoms with E-state index in [1.165, 1.54) is 10.5 Å². The van der Waals surface area contributed by atoms with Crippen molar-refractivity contribution in [3.05, 3.63) is 63.6 Å². The minimum Gasteiger partial charge on any atom is -0.484 e. The predicted molar refractivity (Wildman–Crippen MR) is 130 cm³/mol. The molecule has 32 heavy (non-hydrogen) atoms. The summed E-state index contributed by atoms with van der Waals surface area (Å²) < 4.78 is 5.73. The molecule has 5 nitrogen and oxygen atoms in total. The molecule has 2 rings (SSSR count). The average molecular weight is 479 g/mol. The van der Waals surface area contributed by atoms with Gasteiger partial charge in [0.05, 0.1) is 0 Å². The molecule has 2 aromatic rings. The average Bonchev–Trinajstić information content (AvgIpc) is 2.76. The Hall–Kier alpha value is -2.24. The zero-order valence-corrected chi connectivity index (χ0v) is 20.8. The van der Waals surface area contributed by atoms with Crippen molar-refractivity contribution in [1.29, 1.82) is 0 Å². The second-order valence-corrected chi connectivity index (χ2v) is 9.11. The third-order valence-electron chi connectivity index (χ3n) is 5.43. The van der Waals surface area contributed by atoms with Gasteiger partial charge in [0.2, 0.25) is 5.91 Å². The first-order valence-electron chi connectivity index (χ1n) is 10.9. The van der Waals surface area contributed by atoms with Gasteiger partial charge in [-0.1, -0.05) is 62.2 Å². The second-order valence-electron chi connectivity index (χ2n) is 8.26. The summed E-state index contributed by atoms with van der Waals surface area (Å²) in [4.78, 5) is 27.4. The maximum atomic E-state index is 13.1. The van der Waals surface area contributed by atoms with Crippen LogP contribution in [0.25, 0.3) is 0 Å². The number of nitrogens with one attached hydrogen (secondary N) is 1. The Balaban J connectivity index is 2.17. The van der Waals surface area contributed by atoms with E-state index in [1.807, 2.05) is 38.1 Å². The monoisotopic (exact) mass is 478 g/mol. The molecular weight excluding hydrogens is 447 g/mol. The Labute approximate surface area is 201 Å². The molecule has 0 bridgehead atoms. The Morgan fingerprint density at radius 3 is 2.25 bits per heavy atom. The minimum absolute atomic E-state index is 0.0109. The number of carbonyl (C=O) groups excluding carboxylic acids is 2. The van der Waals surface area contributed by atoms with Crippen molar-refractivity contribution in [2.24, 2.45) is 0 Å². The Morgan fingerprint density at radius 2 is 1.69 bits per heavy atom. The van der Waals surface area contributed by atoms with Crippen LogP contribution in [0.2, 0.25) is 10.0 Å². The van der Waals surface area contributed by atoms with Gasteiger partial charge < -0.3 is 15.0 Å². The first-order valence-corrected chi connectivity index (χ1v) is 11.6. The number of amides is 2. The summed E-state index contributed by atoms with van der Waals surface area (Å²) in [6, 6.07) is 12.1. The van der Waals surface area contributed by atoms with Gasteiger partial charge in [0.1, 0.15) is 11.8 Å². The summed E-state index contributed by atoms with van der Waals surface area (Å²) in [6.45, 7) is 9.83. The van der Waals surface area contributed by atoms with Gasteiger partial charge in [0.25, 0.3) is 5.91 Å². The van der Waals surface area contributed by atoms with Gasteiger partial charge in [-0.05, 0) is 61.6 Å². The van der Waals surface area contributed by atoms with Crippen molar-refractivity contribution in [3.63, 3.8) is 0 Å².